The van der Waals surface area contributed by atoms with E-state index in [1.54, 1.807) is 18.2 Å². The van der Waals surface area contributed by atoms with E-state index in [4.69, 9.17) is 9.26 Å². The molecule has 2 heterocycles. The highest BCUT2D eigenvalue weighted by molar-refractivity contribution is 5.86. The number of nitrogens with zero attached hydrogens (tertiary/aromatic N) is 3. The number of carbonyl (C=O) groups excluding carboxylic acids is 1. The third-order valence-corrected chi connectivity index (χ3v) is 2.81. The third kappa shape index (κ3) is 3.14. The maximum Gasteiger partial charge on any atom is 0.358 e. The first-order valence-corrected chi connectivity index (χ1v) is 6.37. The molecule has 7 heteroatoms. The molecule has 0 atom stereocenters. The summed E-state index contributed by atoms with van der Waals surface area (Å²) in [5.74, 6) is -0.466. The van der Waals surface area contributed by atoms with Crippen molar-refractivity contribution in [2.45, 2.75) is 6.61 Å². The lowest BCUT2D eigenvalue weighted by molar-refractivity contribution is 0.0456. The first kappa shape index (κ1) is 13.9. The Bertz CT molecular complexity index is 772. The first-order chi connectivity index (χ1) is 10.7. The van der Waals surface area contributed by atoms with Gasteiger partial charge in [-0.1, -0.05) is 5.16 Å². The van der Waals surface area contributed by atoms with Gasteiger partial charge in [-0.2, -0.15) is 0 Å². The van der Waals surface area contributed by atoms with Crippen LogP contribution in [0.25, 0.3) is 11.3 Å². The van der Waals surface area contributed by atoms with Crippen molar-refractivity contribution in [3.63, 3.8) is 0 Å². The summed E-state index contributed by atoms with van der Waals surface area (Å²) in [5.41, 5.74) is 1.24. The zero-order valence-electron chi connectivity index (χ0n) is 11.3. The largest absolute Gasteiger partial charge is 0.454 e. The number of aromatic nitrogens is 3. The van der Waals surface area contributed by atoms with Crippen LogP contribution in [0.15, 0.2) is 53.4 Å². The van der Waals surface area contributed by atoms with Gasteiger partial charge < -0.3 is 9.26 Å². The molecule has 22 heavy (non-hydrogen) atoms. The van der Waals surface area contributed by atoms with E-state index in [1.807, 2.05) is 0 Å². The fourth-order valence-electron chi connectivity index (χ4n) is 1.75. The van der Waals surface area contributed by atoms with Crippen LogP contribution in [0.4, 0.5) is 4.39 Å². The highest BCUT2D eigenvalue weighted by Gasteiger charge is 2.12. The van der Waals surface area contributed by atoms with E-state index in [-0.39, 0.29) is 18.1 Å². The van der Waals surface area contributed by atoms with Crippen molar-refractivity contribution in [3.8, 4) is 11.3 Å². The number of esters is 1. The summed E-state index contributed by atoms with van der Waals surface area (Å²) in [4.78, 5) is 19.3. The van der Waals surface area contributed by atoms with Crippen LogP contribution in [0, 0.1) is 5.82 Å². The van der Waals surface area contributed by atoms with E-state index in [2.05, 4.69) is 15.1 Å². The van der Waals surface area contributed by atoms with Crippen LogP contribution < -0.4 is 0 Å². The van der Waals surface area contributed by atoms with Gasteiger partial charge in [-0.3, -0.25) is 4.98 Å². The van der Waals surface area contributed by atoms with Crippen LogP contribution in [0.1, 0.15) is 16.2 Å². The average molecular weight is 299 g/mol. The quantitative estimate of drug-likeness (QED) is 0.689. The molecule has 3 aromatic rings. The molecule has 0 aliphatic heterocycles. The molecular formula is C15H10FN3O3. The van der Waals surface area contributed by atoms with Gasteiger partial charge >= 0.3 is 5.97 Å². The van der Waals surface area contributed by atoms with Crippen molar-refractivity contribution in [3.05, 3.63) is 66.1 Å². The Balaban J connectivity index is 1.65. The van der Waals surface area contributed by atoms with Gasteiger partial charge in [-0.15, -0.1) is 0 Å². The second-order valence-corrected chi connectivity index (χ2v) is 4.36. The molecule has 0 fully saturated rings. The van der Waals surface area contributed by atoms with Crippen molar-refractivity contribution in [1.29, 1.82) is 0 Å². The topological polar surface area (TPSA) is 78.1 Å². The molecule has 0 saturated heterocycles. The zero-order chi connectivity index (χ0) is 15.4. The van der Waals surface area contributed by atoms with Crippen molar-refractivity contribution in [2.24, 2.45) is 0 Å². The minimum Gasteiger partial charge on any atom is -0.454 e. The second-order valence-electron chi connectivity index (χ2n) is 4.36. The standard InChI is InChI=1S/C15H10FN3O3/c16-11-3-1-10(2-4-11)14-7-12(19-22-14)9-21-15(20)13-8-17-5-6-18-13/h1-8H,9H2. The van der Waals surface area contributed by atoms with Crippen LogP contribution in [0.5, 0.6) is 0 Å². The number of carbonyl (C=O) groups is 1. The van der Waals surface area contributed by atoms with Crippen molar-refractivity contribution in [2.75, 3.05) is 0 Å². The van der Waals surface area contributed by atoms with Gasteiger partial charge in [0.05, 0.1) is 6.20 Å². The number of benzene rings is 1. The maximum absolute atomic E-state index is 12.9. The fraction of sp³-hybridized carbons (Fsp3) is 0.0667. The second kappa shape index (κ2) is 6.13. The SMILES string of the molecule is O=C(OCc1cc(-c2ccc(F)cc2)on1)c1cnccn1. The van der Waals surface area contributed by atoms with E-state index in [0.717, 1.165) is 0 Å². The summed E-state index contributed by atoms with van der Waals surface area (Å²) < 4.78 is 23.1. The molecule has 0 amide bonds. The molecule has 0 aliphatic carbocycles. The van der Waals surface area contributed by atoms with E-state index in [1.165, 1.54) is 30.7 Å². The van der Waals surface area contributed by atoms with Gasteiger partial charge in [0.15, 0.2) is 11.5 Å². The Hall–Kier alpha value is -3.09. The summed E-state index contributed by atoms with van der Waals surface area (Å²) >= 11 is 0. The molecule has 0 unspecified atom stereocenters. The van der Waals surface area contributed by atoms with Crippen LogP contribution in [-0.2, 0) is 11.3 Å². The molecule has 110 valence electrons. The normalized spacial score (nSPS) is 10.4. The Morgan fingerprint density at radius 1 is 1.23 bits per heavy atom. The number of hydrogen-bond donors (Lipinski definition) is 0. The highest BCUT2D eigenvalue weighted by Crippen LogP contribution is 2.20. The minimum absolute atomic E-state index is 0.0555. The summed E-state index contributed by atoms with van der Waals surface area (Å²) in [6.45, 7) is -0.0555. The van der Waals surface area contributed by atoms with Gasteiger partial charge in [0.2, 0.25) is 0 Å². The van der Waals surface area contributed by atoms with Crippen LogP contribution in [0.2, 0.25) is 0 Å². The number of hydrogen-bond acceptors (Lipinski definition) is 6. The summed E-state index contributed by atoms with van der Waals surface area (Å²) in [6.07, 6.45) is 4.18. The Labute approximate surface area is 124 Å². The predicted molar refractivity (Wildman–Crippen MR) is 73.0 cm³/mol. The Morgan fingerprint density at radius 3 is 2.77 bits per heavy atom. The van der Waals surface area contributed by atoms with Gasteiger partial charge in [0, 0.05) is 24.0 Å². The van der Waals surface area contributed by atoms with E-state index in [0.29, 0.717) is 17.0 Å². The smallest absolute Gasteiger partial charge is 0.358 e. The Morgan fingerprint density at radius 2 is 2.05 bits per heavy atom. The molecule has 3 rings (SSSR count). The molecule has 0 saturated carbocycles. The third-order valence-electron chi connectivity index (χ3n) is 2.81. The molecule has 0 spiro atoms. The van der Waals surface area contributed by atoms with Crippen LogP contribution >= 0.6 is 0 Å². The number of ether oxygens (including phenoxy) is 1. The lowest BCUT2D eigenvalue weighted by atomic mass is 10.1. The van der Waals surface area contributed by atoms with Crippen LogP contribution in [-0.4, -0.2) is 21.1 Å². The lowest BCUT2D eigenvalue weighted by Gasteiger charge is -2.00. The Kier molecular flexibility index (Phi) is 3.86. The van der Waals surface area contributed by atoms with E-state index < -0.39 is 5.97 Å². The summed E-state index contributed by atoms with van der Waals surface area (Å²) in [7, 11) is 0. The van der Waals surface area contributed by atoms with E-state index in [9.17, 15) is 9.18 Å². The zero-order valence-corrected chi connectivity index (χ0v) is 11.3. The maximum atomic E-state index is 12.9. The average Bonchev–Trinajstić information content (AvgIpc) is 3.03. The molecule has 0 aliphatic rings. The molecule has 0 bridgehead atoms. The summed E-state index contributed by atoms with van der Waals surface area (Å²) in [5, 5.41) is 3.80. The predicted octanol–water partition coefficient (Wildman–Crippen LogP) is 2.63. The van der Waals surface area contributed by atoms with Gasteiger partial charge in [0.25, 0.3) is 0 Å². The monoisotopic (exact) mass is 299 g/mol. The number of rotatable bonds is 4. The molecular weight excluding hydrogens is 289 g/mol. The van der Waals surface area contributed by atoms with Crippen molar-refractivity contribution >= 4 is 5.97 Å². The van der Waals surface area contributed by atoms with Crippen molar-refractivity contribution in [1.82, 2.24) is 15.1 Å². The van der Waals surface area contributed by atoms with Crippen LogP contribution in [0.3, 0.4) is 0 Å². The molecule has 2 aromatic heterocycles. The number of halogens is 1. The van der Waals surface area contributed by atoms with Gasteiger partial charge in [-0.05, 0) is 24.3 Å². The molecule has 1 aromatic carbocycles. The molecule has 0 N–H and O–H groups in total. The molecule has 6 nitrogen and oxygen atoms in total. The highest BCUT2D eigenvalue weighted by atomic mass is 19.1. The lowest BCUT2D eigenvalue weighted by Crippen LogP contribution is -2.07. The fourth-order valence-corrected chi connectivity index (χ4v) is 1.75. The van der Waals surface area contributed by atoms with E-state index >= 15 is 0 Å². The van der Waals surface area contributed by atoms with Gasteiger partial charge in [-0.25, -0.2) is 14.2 Å². The first-order valence-electron chi connectivity index (χ1n) is 6.37. The van der Waals surface area contributed by atoms with Crippen molar-refractivity contribution < 1.29 is 18.4 Å². The molecule has 0 radical (unpaired) electrons. The van der Waals surface area contributed by atoms with Gasteiger partial charge in [0.1, 0.15) is 18.1 Å². The minimum atomic E-state index is -0.598. The summed E-state index contributed by atoms with van der Waals surface area (Å²) in [6, 6.07) is 7.42.